The van der Waals surface area contributed by atoms with Gasteiger partial charge in [-0.1, -0.05) is 38.4 Å². The summed E-state index contributed by atoms with van der Waals surface area (Å²) in [6.45, 7) is 7.89. The molecule has 0 spiro atoms. The van der Waals surface area contributed by atoms with Crippen LogP contribution in [0.1, 0.15) is 49.7 Å². The highest BCUT2D eigenvalue weighted by atomic mass is 35.5. The van der Waals surface area contributed by atoms with Crippen molar-refractivity contribution in [1.82, 2.24) is 9.88 Å². The molecule has 3 heterocycles. The Balaban J connectivity index is 1.56. The third-order valence-corrected chi connectivity index (χ3v) is 7.22. The lowest BCUT2D eigenvalue weighted by Crippen LogP contribution is -2.42. The van der Waals surface area contributed by atoms with Gasteiger partial charge < -0.3 is 9.64 Å². The molecule has 6 heteroatoms. The highest BCUT2D eigenvalue weighted by Crippen LogP contribution is 2.37. The number of carbonyl (C=O) groups is 1. The van der Waals surface area contributed by atoms with Gasteiger partial charge in [0, 0.05) is 53.5 Å². The van der Waals surface area contributed by atoms with E-state index in [0.29, 0.717) is 17.1 Å². The predicted molar refractivity (Wildman–Crippen MR) is 133 cm³/mol. The Morgan fingerprint density at radius 2 is 2.00 bits per heavy atom. The molecule has 0 bridgehead atoms. The molecule has 4 rings (SSSR count). The SMILES string of the molecule is COC1CCCN(C(=O)c2ccc(-c3cc(-c4ccnc(C(C)(C)C)c4)cs3)c(Cl)c2)C1. The quantitative estimate of drug-likeness (QED) is 0.429. The van der Waals surface area contributed by atoms with Gasteiger partial charge in [-0.05, 0) is 59.7 Å². The number of piperidine rings is 1. The number of thiophene rings is 1. The first-order valence-corrected chi connectivity index (χ1v) is 12.2. The third-order valence-electron chi connectivity index (χ3n) is 5.94. The summed E-state index contributed by atoms with van der Waals surface area (Å²) >= 11 is 8.30. The molecule has 0 aliphatic carbocycles. The minimum absolute atomic E-state index is 0.00182. The van der Waals surface area contributed by atoms with Crippen molar-refractivity contribution in [3.63, 3.8) is 0 Å². The van der Waals surface area contributed by atoms with Crippen molar-refractivity contribution >= 4 is 28.8 Å². The van der Waals surface area contributed by atoms with E-state index in [1.165, 1.54) is 0 Å². The average molecular weight is 469 g/mol. The van der Waals surface area contributed by atoms with Crippen LogP contribution in [0, 0.1) is 0 Å². The topological polar surface area (TPSA) is 42.4 Å². The second-order valence-corrected chi connectivity index (χ2v) is 10.6. The van der Waals surface area contributed by atoms with E-state index in [1.54, 1.807) is 24.5 Å². The summed E-state index contributed by atoms with van der Waals surface area (Å²) in [6.07, 6.45) is 3.93. The van der Waals surface area contributed by atoms with Gasteiger partial charge >= 0.3 is 0 Å². The molecule has 0 radical (unpaired) electrons. The fraction of sp³-hybridized carbons (Fsp3) is 0.385. The molecule has 1 aromatic carbocycles. The lowest BCUT2D eigenvalue weighted by Gasteiger charge is -2.32. The summed E-state index contributed by atoms with van der Waals surface area (Å²) in [5.74, 6) is 0.0126. The van der Waals surface area contributed by atoms with Crippen LogP contribution >= 0.6 is 22.9 Å². The average Bonchev–Trinajstić information content (AvgIpc) is 3.28. The number of halogens is 1. The summed E-state index contributed by atoms with van der Waals surface area (Å²) in [5, 5.41) is 2.74. The first-order chi connectivity index (χ1) is 15.3. The molecule has 1 fully saturated rings. The Kier molecular flexibility index (Phi) is 6.70. The minimum Gasteiger partial charge on any atom is -0.380 e. The number of ether oxygens (including phenoxy) is 1. The smallest absolute Gasteiger partial charge is 0.253 e. The molecule has 168 valence electrons. The lowest BCUT2D eigenvalue weighted by atomic mass is 9.90. The number of pyridine rings is 1. The Labute approximate surface area is 199 Å². The minimum atomic E-state index is -0.00182. The molecule has 2 aromatic heterocycles. The number of hydrogen-bond acceptors (Lipinski definition) is 4. The number of aromatic nitrogens is 1. The normalized spacial score (nSPS) is 16.9. The molecular formula is C26H29ClN2O2S. The van der Waals surface area contributed by atoms with Gasteiger partial charge in [0.05, 0.1) is 11.1 Å². The van der Waals surface area contributed by atoms with Gasteiger partial charge in [0.2, 0.25) is 0 Å². The van der Waals surface area contributed by atoms with E-state index in [0.717, 1.165) is 46.6 Å². The fourth-order valence-corrected chi connectivity index (χ4v) is 5.29. The van der Waals surface area contributed by atoms with Crippen LogP contribution in [0.15, 0.2) is 48.0 Å². The molecule has 1 unspecified atom stereocenters. The number of amides is 1. The van der Waals surface area contributed by atoms with Crippen molar-refractivity contribution < 1.29 is 9.53 Å². The van der Waals surface area contributed by atoms with Gasteiger partial charge in [-0.3, -0.25) is 9.78 Å². The zero-order valence-corrected chi connectivity index (χ0v) is 20.6. The Morgan fingerprint density at radius 1 is 1.19 bits per heavy atom. The van der Waals surface area contributed by atoms with Crippen molar-refractivity contribution in [3.05, 3.63) is 64.3 Å². The van der Waals surface area contributed by atoms with Crippen molar-refractivity contribution in [2.45, 2.75) is 45.1 Å². The standard InChI is InChI=1S/C26H29ClN2O2S/c1-26(2,3)24-14-17(9-10-28-24)19-13-23(32-16-19)21-8-7-18(12-22(21)27)25(30)29-11-5-6-20(15-29)31-4/h7-10,12-14,16,20H,5-6,11,15H2,1-4H3. The molecular weight excluding hydrogens is 440 g/mol. The van der Waals surface area contributed by atoms with Crippen LogP contribution in [-0.4, -0.2) is 42.1 Å². The molecule has 1 amide bonds. The number of benzene rings is 1. The monoisotopic (exact) mass is 468 g/mol. The lowest BCUT2D eigenvalue weighted by molar-refractivity contribution is 0.0269. The number of rotatable bonds is 4. The van der Waals surface area contributed by atoms with Gasteiger partial charge in [0.25, 0.3) is 5.91 Å². The second-order valence-electron chi connectivity index (χ2n) is 9.33. The first-order valence-electron chi connectivity index (χ1n) is 10.9. The molecule has 3 aromatic rings. The van der Waals surface area contributed by atoms with E-state index < -0.39 is 0 Å². The van der Waals surface area contributed by atoms with Crippen molar-refractivity contribution in [2.24, 2.45) is 0 Å². The summed E-state index contributed by atoms with van der Waals surface area (Å²) in [4.78, 5) is 20.4. The number of likely N-dealkylation sites (tertiary alicyclic amines) is 1. The van der Waals surface area contributed by atoms with E-state index in [2.05, 4.69) is 43.3 Å². The van der Waals surface area contributed by atoms with Crippen molar-refractivity contribution in [3.8, 4) is 21.6 Å². The van der Waals surface area contributed by atoms with Crippen LogP contribution in [0.25, 0.3) is 21.6 Å². The van der Waals surface area contributed by atoms with Crippen LogP contribution in [-0.2, 0) is 10.2 Å². The van der Waals surface area contributed by atoms with E-state index in [-0.39, 0.29) is 17.4 Å². The maximum atomic E-state index is 13.0. The maximum absolute atomic E-state index is 13.0. The highest BCUT2D eigenvalue weighted by Gasteiger charge is 2.25. The van der Waals surface area contributed by atoms with Crippen LogP contribution in [0.5, 0.6) is 0 Å². The van der Waals surface area contributed by atoms with Gasteiger partial charge in [-0.25, -0.2) is 0 Å². The molecule has 1 saturated heterocycles. The van der Waals surface area contributed by atoms with Crippen LogP contribution in [0.4, 0.5) is 0 Å². The zero-order chi connectivity index (χ0) is 22.9. The van der Waals surface area contributed by atoms with E-state index in [9.17, 15) is 4.79 Å². The van der Waals surface area contributed by atoms with Gasteiger partial charge in [0.15, 0.2) is 0 Å². The Hall–Kier alpha value is -2.21. The Morgan fingerprint density at radius 3 is 2.72 bits per heavy atom. The summed E-state index contributed by atoms with van der Waals surface area (Å²) < 4.78 is 5.45. The van der Waals surface area contributed by atoms with Gasteiger partial charge in [-0.2, -0.15) is 0 Å². The molecule has 0 N–H and O–H groups in total. The number of methoxy groups -OCH3 is 1. The summed E-state index contributed by atoms with van der Waals surface area (Å²) in [6, 6.07) is 12.0. The molecule has 1 aliphatic heterocycles. The van der Waals surface area contributed by atoms with Gasteiger partial charge in [-0.15, -0.1) is 11.3 Å². The molecule has 0 saturated carbocycles. The van der Waals surface area contributed by atoms with Crippen molar-refractivity contribution in [2.75, 3.05) is 20.2 Å². The maximum Gasteiger partial charge on any atom is 0.253 e. The molecule has 1 atom stereocenters. The van der Waals surface area contributed by atoms with E-state index in [4.69, 9.17) is 16.3 Å². The third kappa shape index (κ3) is 4.90. The van der Waals surface area contributed by atoms with Crippen molar-refractivity contribution in [1.29, 1.82) is 0 Å². The Bertz CT molecular complexity index is 1120. The largest absolute Gasteiger partial charge is 0.380 e. The highest BCUT2D eigenvalue weighted by molar-refractivity contribution is 7.14. The van der Waals surface area contributed by atoms with Crippen LogP contribution in [0.2, 0.25) is 5.02 Å². The summed E-state index contributed by atoms with van der Waals surface area (Å²) in [5.41, 5.74) is 4.92. The molecule has 4 nitrogen and oxygen atoms in total. The van der Waals surface area contributed by atoms with E-state index >= 15 is 0 Å². The molecule has 32 heavy (non-hydrogen) atoms. The molecule has 1 aliphatic rings. The predicted octanol–water partition coefficient (Wildman–Crippen LogP) is 6.68. The van der Waals surface area contributed by atoms with Crippen LogP contribution in [0.3, 0.4) is 0 Å². The number of carbonyl (C=O) groups excluding carboxylic acids is 1. The number of nitrogens with zero attached hydrogens (tertiary/aromatic N) is 2. The van der Waals surface area contributed by atoms with E-state index in [1.807, 2.05) is 29.3 Å². The number of hydrogen-bond donors (Lipinski definition) is 0. The first kappa shape index (κ1) is 23.0. The van der Waals surface area contributed by atoms with Gasteiger partial charge in [0.1, 0.15) is 0 Å². The fourth-order valence-electron chi connectivity index (χ4n) is 3.99. The zero-order valence-electron chi connectivity index (χ0n) is 19.0. The summed E-state index contributed by atoms with van der Waals surface area (Å²) in [7, 11) is 1.70. The second kappa shape index (κ2) is 9.34. The van der Waals surface area contributed by atoms with Crippen LogP contribution < -0.4 is 0 Å².